The molecule has 0 saturated carbocycles. The van der Waals surface area contributed by atoms with Crippen LogP contribution in [0.25, 0.3) is 11.3 Å². The third-order valence-corrected chi connectivity index (χ3v) is 5.82. The lowest BCUT2D eigenvalue weighted by molar-refractivity contribution is 0.0939. The zero-order valence-corrected chi connectivity index (χ0v) is 14.0. The van der Waals surface area contributed by atoms with Crippen molar-refractivity contribution in [3.05, 3.63) is 57.9 Å². The standard InChI is InChI=1S/C17H18N2O4S/c1-11-3-2-4-12(9-11)15-6-5-14(17(21)19-15)16(20)18-13-7-8-24(22,23)10-13/h2-6,9,13H,7-8,10H2,1H3,(H,18,20)(H,19,21)/t13-/m0/s1. The summed E-state index contributed by atoms with van der Waals surface area (Å²) in [6.07, 6.45) is 0.382. The Morgan fingerprint density at radius 2 is 2.04 bits per heavy atom. The van der Waals surface area contributed by atoms with Crippen molar-refractivity contribution in [2.75, 3.05) is 11.5 Å². The maximum absolute atomic E-state index is 12.2. The molecule has 0 aliphatic carbocycles. The van der Waals surface area contributed by atoms with Gasteiger partial charge in [-0.05, 0) is 37.1 Å². The fraction of sp³-hybridized carbons (Fsp3) is 0.294. The molecule has 1 aromatic carbocycles. The summed E-state index contributed by atoms with van der Waals surface area (Å²) in [5, 5.41) is 2.62. The lowest BCUT2D eigenvalue weighted by atomic mass is 10.1. The number of aryl methyl sites for hydroxylation is 1. The third-order valence-electron chi connectivity index (χ3n) is 4.05. The highest BCUT2D eigenvalue weighted by Crippen LogP contribution is 2.17. The number of pyridine rings is 1. The van der Waals surface area contributed by atoms with Crippen LogP contribution in [0.1, 0.15) is 22.3 Å². The van der Waals surface area contributed by atoms with Crippen molar-refractivity contribution in [2.24, 2.45) is 0 Å². The van der Waals surface area contributed by atoms with E-state index in [1.807, 2.05) is 31.2 Å². The normalized spacial score (nSPS) is 19.1. The maximum Gasteiger partial charge on any atom is 0.261 e. The number of rotatable bonds is 3. The van der Waals surface area contributed by atoms with Crippen LogP contribution >= 0.6 is 0 Å². The minimum atomic E-state index is -3.08. The monoisotopic (exact) mass is 346 g/mol. The molecule has 1 aromatic heterocycles. The molecule has 6 nitrogen and oxygen atoms in total. The highest BCUT2D eigenvalue weighted by Gasteiger charge is 2.29. The Bertz CT molecular complexity index is 947. The molecule has 3 rings (SSSR count). The first-order valence-electron chi connectivity index (χ1n) is 7.66. The number of hydrogen-bond acceptors (Lipinski definition) is 4. The van der Waals surface area contributed by atoms with Crippen molar-refractivity contribution >= 4 is 15.7 Å². The molecule has 1 fully saturated rings. The molecule has 1 aliphatic heterocycles. The van der Waals surface area contributed by atoms with Gasteiger partial charge in [-0.25, -0.2) is 8.42 Å². The van der Waals surface area contributed by atoms with Crippen molar-refractivity contribution in [1.82, 2.24) is 10.3 Å². The van der Waals surface area contributed by atoms with Gasteiger partial charge in [-0.2, -0.15) is 0 Å². The highest BCUT2D eigenvalue weighted by molar-refractivity contribution is 7.91. The van der Waals surface area contributed by atoms with E-state index in [-0.39, 0.29) is 17.1 Å². The number of H-pyrrole nitrogens is 1. The van der Waals surface area contributed by atoms with E-state index in [1.54, 1.807) is 6.07 Å². The van der Waals surface area contributed by atoms with Gasteiger partial charge in [0, 0.05) is 11.7 Å². The average molecular weight is 346 g/mol. The van der Waals surface area contributed by atoms with Crippen molar-refractivity contribution in [2.45, 2.75) is 19.4 Å². The summed E-state index contributed by atoms with van der Waals surface area (Å²) in [5.74, 6) is -0.548. The number of benzene rings is 1. The molecule has 2 aromatic rings. The van der Waals surface area contributed by atoms with E-state index in [9.17, 15) is 18.0 Å². The molecule has 24 heavy (non-hydrogen) atoms. The Morgan fingerprint density at radius 1 is 1.25 bits per heavy atom. The Hall–Kier alpha value is -2.41. The van der Waals surface area contributed by atoms with Gasteiger partial charge >= 0.3 is 0 Å². The number of sulfone groups is 1. The Balaban J connectivity index is 1.80. The van der Waals surface area contributed by atoms with E-state index < -0.39 is 27.3 Å². The van der Waals surface area contributed by atoms with Crippen LogP contribution in [-0.2, 0) is 9.84 Å². The summed E-state index contributed by atoms with van der Waals surface area (Å²) in [6, 6.07) is 10.4. The van der Waals surface area contributed by atoms with Crippen LogP contribution in [0.5, 0.6) is 0 Å². The molecule has 0 bridgehead atoms. The summed E-state index contributed by atoms with van der Waals surface area (Å²) in [5.41, 5.74) is 2.05. The Kier molecular flexibility index (Phi) is 4.28. The van der Waals surface area contributed by atoms with E-state index >= 15 is 0 Å². The van der Waals surface area contributed by atoms with Crippen LogP contribution < -0.4 is 10.9 Å². The Morgan fingerprint density at radius 3 is 2.67 bits per heavy atom. The summed E-state index contributed by atoms with van der Waals surface area (Å²) in [7, 11) is -3.08. The van der Waals surface area contributed by atoms with Gasteiger partial charge in [-0.1, -0.05) is 23.8 Å². The summed E-state index contributed by atoms with van der Waals surface area (Å²) in [4.78, 5) is 27.1. The maximum atomic E-state index is 12.2. The lowest BCUT2D eigenvalue weighted by Crippen LogP contribution is -2.38. The first-order chi connectivity index (χ1) is 11.3. The minimum Gasteiger partial charge on any atom is -0.348 e. The zero-order chi connectivity index (χ0) is 17.3. The van der Waals surface area contributed by atoms with E-state index in [0.29, 0.717) is 12.1 Å². The van der Waals surface area contributed by atoms with Crippen molar-refractivity contribution in [3.8, 4) is 11.3 Å². The Labute approximate surface area is 139 Å². The molecular formula is C17H18N2O4S. The van der Waals surface area contributed by atoms with Crippen LogP contribution in [-0.4, -0.2) is 36.9 Å². The van der Waals surface area contributed by atoms with E-state index in [4.69, 9.17) is 0 Å². The predicted octanol–water partition coefficient (Wildman–Crippen LogP) is 1.27. The second-order valence-electron chi connectivity index (χ2n) is 6.06. The van der Waals surface area contributed by atoms with Gasteiger partial charge < -0.3 is 10.3 Å². The van der Waals surface area contributed by atoms with Crippen LogP contribution in [0.3, 0.4) is 0 Å². The molecule has 0 radical (unpaired) electrons. The van der Waals surface area contributed by atoms with Crippen LogP contribution in [0.15, 0.2) is 41.2 Å². The molecule has 0 spiro atoms. The van der Waals surface area contributed by atoms with Gasteiger partial charge in [0.1, 0.15) is 5.56 Å². The highest BCUT2D eigenvalue weighted by atomic mass is 32.2. The van der Waals surface area contributed by atoms with Crippen molar-refractivity contribution in [1.29, 1.82) is 0 Å². The molecule has 1 saturated heterocycles. The molecular weight excluding hydrogens is 328 g/mol. The van der Waals surface area contributed by atoms with E-state index in [1.165, 1.54) is 6.07 Å². The van der Waals surface area contributed by atoms with Gasteiger partial charge in [0.2, 0.25) is 0 Å². The molecule has 7 heteroatoms. The third kappa shape index (κ3) is 3.56. The second-order valence-corrected chi connectivity index (χ2v) is 8.29. The van der Waals surface area contributed by atoms with Gasteiger partial charge in [0.05, 0.1) is 11.5 Å². The number of aromatic nitrogens is 1. The quantitative estimate of drug-likeness (QED) is 0.875. The van der Waals surface area contributed by atoms with Crippen LogP contribution in [0.2, 0.25) is 0 Å². The average Bonchev–Trinajstić information content (AvgIpc) is 2.85. The topological polar surface area (TPSA) is 96.1 Å². The molecule has 1 aliphatic rings. The molecule has 1 amide bonds. The number of nitrogens with one attached hydrogen (secondary N) is 2. The largest absolute Gasteiger partial charge is 0.348 e. The molecule has 1 atom stereocenters. The SMILES string of the molecule is Cc1cccc(-c2ccc(C(=O)N[C@H]3CCS(=O)(=O)C3)c(=O)[nH]2)c1. The van der Waals surface area contributed by atoms with E-state index in [2.05, 4.69) is 10.3 Å². The first-order valence-corrected chi connectivity index (χ1v) is 9.48. The second kappa shape index (κ2) is 6.24. The molecule has 2 heterocycles. The smallest absolute Gasteiger partial charge is 0.261 e. The van der Waals surface area contributed by atoms with Crippen molar-refractivity contribution in [3.63, 3.8) is 0 Å². The predicted molar refractivity (Wildman–Crippen MR) is 91.8 cm³/mol. The van der Waals surface area contributed by atoms with E-state index in [0.717, 1.165) is 11.1 Å². The van der Waals surface area contributed by atoms with Crippen LogP contribution in [0, 0.1) is 6.92 Å². The summed E-state index contributed by atoms with van der Waals surface area (Å²) < 4.78 is 22.9. The number of carbonyl (C=O) groups excluding carboxylic acids is 1. The minimum absolute atomic E-state index is 0.0179. The van der Waals surface area contributed by atoms with Crippen molar-refractivity contribution < 1.29 is 13.2 Å². The molecule has 0 unspecified atom stereocenters. The summed E-state index contributed by atoms with van der Waals surface area (Å²) in [6.45, 7) is 1.96. The van der Waals surface area contributed by atoms with Gasteiger partial charge in [-0.3, -0.25) is 9.59 Å². The molecule has 126 valence electrons. The number of hydrogen-bond donors (Lipinski definition) is 2. The number of aromatic amines is 1. The van der Waals surface area contributed by atoms with Gasteiger partial charge in [0.25, 0.3) is 11.5 Å². The van der Waals surface area contributed by atoms with Gasteiger partial charge in [-0.15, -0.1) is 0 Å². The van der Waals surface area contributed by atoms with Crippen LogP contribution in [0.4, 0.5) is 0 Å². The molecule has 2 N–H and O–H groups in total. The zero-order valence-electron chi connectivity index (χ0n) is 13.2. The fourth-order valence-electron chi connectivity index (χ4n) is 2.81. The summed E-state index contributed by atoms with van der Waals surface area (Å²) >= 11 is 0. The lowest BCUT2D eigenvalue weighted by Gasteiger charge is -2.11. The van der Waals surface area contributed by atoms with Gasteiger partial charge in [0.15, 0.2) is 9.84 Å². The number of carbonyl (C=O) groups is 1. The number of amides is 1. The first kappa shape index (κ1) is 16.4. The fourth-order valence-corrected chi connectivity index (χ4v) is 4.48.